The number of benzene rings is 1. The molecule has 1 aliphatic rings. The fraction of sp³-hybridized carbons (Fsp3) is 0.571. The van der Waals surface area contributed by atoms with E-state index in [0.29, 0.717) is 13.2 Å². The summed E-state index contributed by atoms with van der Waals surface area (Å²) in [5.74, 6) is 0.876. The van der Waals surface area contributed by atoms with E-state index in [1.165, 1.54) is 0 Å². The first kappa shape index (κ1) is 12.4. The zero-order chi connectivity index (χ0) is 12.3. The summed E-state index contributed by atoms with van der Waals surface area (Å²) in [5.41, 5.74) is 6.69. The van der Waals surface area contributed by atoms with Crippen molar-refractivity contribution in [1.82, 2.24) is 0 Å². The van der Waals surface area contributed by atoms with Gasteiger partial charge in [-0.15, -0.1) is 0 Å². The summed E-state index contributed by atoms with van der Waals surface area (Å²) < 4.78 is 11.6. The zero-order valence-electron chi connectivity index (χ0n) is 10.6. The number of hydrogen-bond acceptors (Lipinski definition) is 3. The molecule has 1 atom stereocenters. The van der Waals surface area contributed by atoms with Gasteiger partial charge in [-0.05, 0) is 44.4 Å². The molecule has 3 heteroatoms. The summed E-state index contributed by atoms with van der Waals surface area (Å²) in [6.07, 6.45) is 2.39. The van der Waals surface area contributed by atoms with E-state index in [1.807, 2.05) is 24.3 Å². The third-order valence-corrected chi connectivity index (χ3v) is 3.12. The van der Waals surface area contributed by atoms with Crippen LogP contribution >= 0.6 is 0 Å². The van der Waals surface area contributed by atoms with Gasteiger partial charge in [0.05, 0.1) is 11.7 Å². The Morgan fingerprint density at radius 1 is 1.47 bits per heavy atom. The maximum atomic E-state index is 5.88. The summed E-state index contributed by atoms with van der Waals surface area (Å²) in [5, 5.41) is 0. The van der Waals surface area contributed by atoms with Crippen LogP contribution in [0.1, 0.15) is 32.3 Å². The second kappa shape index (κ2) is 5.07. The van der Waals surface area contributed by atoms with Crippen molar-refractivity contribution in [2.75, 3.05) is 6.61 Å². The van der Waals surface area contributed by atoms with E-state index in [2.05, 4.69) is 13.8 Å². The molecule has 17 heavy (non-hydrogen) atoms. The van der Waals surface area contributed by atoms with Crippen molar-refractivity contribution >= 4 is 0 Å². The Hall–Kier alpha value is -1.06. The highest BCUT2D eigenvalue weighted by Crippen LogP contribution is 2.29. The van der Waals surface area contributed by atoms with Crippen molar-refractivity contribution < 1.29 is 9.47 Å². The molecule has 3 nitrogen and oxygen atoms in total. The van der Waals surface area contributed by atoms with E-state index in [4.69, 9.17) is 15.2 Å². The van der Waals surface area contributed by atoms with E-state index < -0.39 is 0 Å². The van der Waals surface area contributed by atoms with Gasteiger partial charge in [-0.3, -0.25) is 0 Å². The molecule has 0 amide bonds. The van der Waals surface area contributed by atoms with Crippen LogP contribution in [0.4, 0.5) is 0 Å². The molecule has 1 unspecified atom stereocenters. The third-order valence-electron chi connectivity index (χ3n) is 3.12. The topological polar surface area (TPSA) is 44.5 Å². The van der Waals surface area contributed by atoms with Gasteiger partial charge in [0, 0.05) is 6.54 Å². The first-order valence-electron chi connectivity index (χ1n) is 6.19. The molecule has 2 N–H and O–H groups in total. The predicted octanol–water partition coefficient (Wildman–Crippen LogP) is 2.48. The van der Waals surface area contributed by atoms with Gasteiger partial charge in [-0.2, -0.15) is 0 Å². The maximum absolute atomic E-state index is 5.88. The van der Waals surface area contributed by atoms with Gasteiger partial charge in [0.2, 0.25) is 0 Å². The van der Waals surface area contributed by atoms with E-state index in [-0.39, 0.29) is 11.7 Å². The van der Waals surface area contributed by atoms with Gasteiger partial charge in [0.25, 0.3) is 0 Å². The Morgan fingerprint density at radius 3 is 2.94 bits per heavy atom. The van der Waals surface area contributed by atoms with Gasteiger partial charge >= 0.3 is 0 Å². The summed E-state index contributed by atoms with van der Waals surface area (Å²) in [6, 6.07) is 7.92. The minimum atomic E-state index is 0.00708. The largest absolute Gasteiger partial charge is 0.491 e. The first-order chi connectivity index (χ1) is 8.09. The highest BCUT2D eigenvalue weighted by atomic mass is 16.6. The molecular formula is C14H21NO2. The van der Waals surface area contributed by atoms with Gasteiger partial charge in [0.1, 0.15) is 12.4 Å². The molecule has 0 aliphatic carbocycles. The standard InChI is InChI=1S/C14H21NO2/c1-14(2)7-6-13(17-14)10-16-12-5-3-4-11(8-12)9-15/h3-5,8,13H,6-7,9-10,15H2,1-2H3. The van der Waals surface area contributed by atoms with Crippen molar-refractivity contribution in [2.24, 2.45) is 5.73 Å². The van der Waals surface area contributed by atoms with Crippen molar-refractivity contribution in [2.45, 2.75) is 44.9 Å². The SMILES string of the molecule is CC1(C)CCC(COc2cccc(CN)c2)O1. The molecule has 0 saturated carbocycles. The number of rotatable bonds is 4. The maximum Gasteiger partial charge on any atom is 0.119 e. The number of nitrogens with two attached hydrogens (primary N) is 1. The van der Waals surface area contributed by atoms with Crippen molar-refractivity contribution in [3.05, 3.63) is 29.8 Å². The molecule has 0 radical (unpaired) electrons. The lowest BCUT2D eigenvalue weighted by Gasteiger charge is -2.19. The van der Waals surface area contributed by atoms with Gasteiger partial charge < -0.3 is 15.2 Å². The summed E-state index contributed by atoms with van der Waals surface area (Å²) in [4.78, 5) is 0. The molecule has 2 rings (SSSR count). The lowest BCUT2D eigenvalue weighted by molar-refractivity contribution is -0.0326. The van der Waals surface area contributed by atoms with Gasteiger partial charge in [-0.1, -0.05) is 12.1 Å². The molecule has 94 valence electrons. The van der Waals surface area contributed by atoms with Crippen LogP contribution in [0.15, 0.2) is 24.3 Å². The minimum Gasteiger partial charge on any atom is -0.491 e. The Morgan fingerprint density at radius 2 is 2.29 bits per heavy atom. The summed E-state index contributed by atoms with van der Waals surface area (Å²) >= 11 is 0. The van der Waals surface area contributed by atoms with Crippen LogP contribution in [0, 0.1) is 0 Å². The first-order valence-corrected chi connectivity index (χ1v) is 6.19. The molecule has 1 aromatic rings. The molecule has 0 aromatic heterocycles. The van der Waals surface area contributed by atoms with Crippen LogP contribution in [0.5, 0.6) is 5.75 Å². The Bertz CT molecular complexity index is 376. The van der Waals surface area contributed by atoms with Gasteiger partial charge in [-0.25, -0.2) is 0 Å². The van der Waals surface area contributed by atoms with E-state index in [9.17, 15) is 0 Å². The molecule has 1 saturated heterocycles. The number of hydrogen-bond donors (Lipinski definition) is 1. The van der Waals surface area contributed by atoms with Crippen molar-refractivity contribution in [3.63, 3.8) is 0 Å². The lowest BCUT2D eigenvalue weighted by Crippen LogP contribution is -2.23. The average Bonchev–Trinajstić information content (AvgIpc) is 2.67. The second-order valence-electron chi connectivity index (χ2n) is 5.20. The Labute approximate surface area is 103 Å². The summed E-state index contributed by atoms with van der Waals surface area (Å²) in [6.45, 7) is 5.42. The predicted molar refractivity (Wildman–Crippen MR) is 68.0 cm³/mol. The number of ether oxygens (including phenoxy) is 2. The molecule has 1 fully saturated rings. The van der Waals surface area contributed by atoms with Gasteiger partial charge in [0.15, 0.2) is 0 Å². The van der Waals surface area contributed by atoms with E-state index in [0.717, 1.165) is 24.2 Å². The smallest absolute Gasteiger partial charge is 0.119 e. The third kappa shape index (κ3) is 3.45. The fourth-order valence-electron chi connectivity index (χ4n) is 2.15. The zero-order valence-corrected chi connectivity index (χ0v) is 10.6. The average molecular weight is 235 g/mol. The van der Waals surface area contributed by atoms with Crippen LogP contribution < -0.4 is 10.5 Å². The second-order valence-corrected chi connectivity index (χ2v) is 5.20. The summed E-state index contributed by atoms with van der Waals surface area (Å²) in [7, 11) is 0. The fourth-order valence-corrected chi connectivity index (χ4v) is 2.15. The molecule has 1 heterocycles. The lowest BCUT2D eigenvalue weighted by atomic mass is 10.1. The highest BCUT2D eigenvalue weighted by Gasteiger charge is 2.31. The minimum absolute atomic E-state index is 0.00708. The Kier molecular flexibility index (Phi) is 3.69. The quantitative estimate of drug-likeness (QED) is 0.872. The van der Waals surface area contributed by atoms with Crippen LogP contribution in [0.25, 0.3) is 0 Å². The van der Waals surface area contributed by atoms with Crippen LogP contribution in [0.3, 0.4) is 0 Å². The monoisotopic (exact) mass is 235 g/mol. The molecular weight excluding hydrogens is 214 g/mol. The van der Waals surface area contributed by atoms with Crippen molar-refractivity contribution in [3.8, 4) is 5.75 Å². The Balaban J connectivity index is 1.86. The normalized spacial score (nSPS) is 22.6. The molecule has 1 aromatic carbocycles. The van der Waals surface area contributed by atoms with E-state index in [1.54, 1.807) is 0 Å². The van der Waals surface area contributed by atoms with Crippen molar-refractivity contribution in [1.29, 1.82) is 0 Å². The molecule has 0 spiro atoms. The molecule has 0 bridgehead atoms. The van der Waals surface area contributed by atoms with Crippen LogP contribution in [0.2, 0.25) is 0 Å². The molecule has 1 aliphatic heterocycles. The van der Waals surface area contributed by atoms with Crippen LogP contribution in [-0.2, 0) is 11.3 Å². The van der Waals surface area contributed by atoms with E-state index >= 15 is 0 Å². The van der Waals surface area contributed by atoms with Crippen LogP contribution in [-0.4, -0.2) is 18.3 Å². The highest BCUT2D eigenvalue weighted by molar-refractivity contribution is 5.28.